The molecule has 0 unspecified atom stereocenters. The molecule has 33 heavy (non-hydrogen) atoms. The van der Waals surface area contributed by atoms with E-state index in [9.17, 15) is 9.18 Å². The Morgan fingerprint density at radius 2 is 1.88 bits per heavy atom. The van der Waals surface area contributed by atoms with Crippen molar-refractivity contribution in [3.8, 4) is 5.75 Å². The van der Waals surface area contributed by atoms with E-state index in [0.29, 0.717) is 28.5 Å². The van der Waals surface area contributed by atoms with Crippen LogP contribution in [0.3, 0.4) is 0 Å². The number of nitrogens with zero attached hydrogens (tertiary/aromatic N) is 2. The van der Waals surface area contributed by atoms with Crippen molar-refractivity contribution in [2.45, 2.75) is 13.0 Å². The molecule has 0 saturated heterocycles. The van der Waals surface area contributed by atoms with Crippen LogP contribution in [0.5, 0.6) is 5.75 Å². The number of para-hydroxylation sites is 2. The van der Waals surface area contributed by atoms with E-state index in [1.54, 1.807) is 26.2 Å². The summed E-state index contributed by atoms with van der Waals surface area (Å²) < 4.78 is 26.6. The largest absolute Gasteiger partial charge is 0.497 e. The van der Waals surface area contributed by atoms with Gasteiger partial charge in [-0.15, -0.1) is 0 Å². The molecule has 0 radical (unpaired) electrons. The minimum Gasteiger partial charge on any atom is -0.497 e. The van der Waals surface area contributed by atoms with E-state index in [1.807, 2.05) is 53.1 Å². The van der Waals surface area contributed by atoms with Gasteiger partial charge >= 0.3 is 5.97 Å². The monoisotopic (exact) mass is 443 g/mol. The topological polar surface area (TPSA) is 65.4 Å². The maximum atomic E-state index is 13.7. The minimum atomic E-state index is -0.539. The van der Waals surface area contributed by atoms with E-state index in [1.165, 1.54) is 12.1 Å². The minimum absolute atomic E-state index is 0.224. The molecule has 6 nitrogen and oxygen atoms in total. The molecular formula is C26H22FN3O3. The molecule has 0 bridgehead atoms. The predicted octanol–water partition coefficient (Wildman–Crippen LogP) is 5.17. The Hall–Kier alpha value is -4.13. The molecule has 0 amide bonds. The summed E-state index contributed by atoms with van der Waals surface area (Å²) in [6.07, 6.45) is 0. The van der Waals surface area contributed by atoms with Crippen LogP contribution in [0.2, 0.25) is 0 Å². The third kappa shape index (κ3) is 3.61. The molecule has 0 spiro atoms. The van der Waals surface area contributed by atoms with E-state index >= 15 is 0 Å². The van der Waals surface area contributed by atoms with Crippen molar-refractivity contribution < 1.29 is 18.7 Å². The molecular weight excluding hydrogens is 421 g/mol. The number of nitrogens with one attached hydrogen (secondary N) is 1. The van der Waals surface area contributed by atoms with Gasteiger partial charge in [0.25, 0.3) is 0 Å². The number of hydrogen-bond donors (Lipinski definition) is 1. The smallest absolute Gasteiger partial charge is 0.338 e. The normalized spacial score (nSPS) is 15.2. The number of esters is 1. The summed E-state index contributed by atoms with van der Waals surface area (Å²) in [5.41, 5.74) is 4.09. The Labute approximate surface area is 190 Å². The Balaban J connectivity index is 1.83. The second kappa shape index (κ2) is 8.43. The zero-order chi connectivity index (χ0) is 22.9. The van der Waals surface area contributed by atoms with E-state index in [4.69, 9.17) is 14.5 Å². The van der Waals surface area contributed by atoms with Crippen LogP contribution in [0.4, 0.5) is 10.3 Å². The number of carbonyl (C=O) groups is 1. The van der Waals surface area contributed by atoms with Gasteiger partial charge < -0.3 is 14.8 Å². The fourth-order valence-corrected chi connectivity index (χ4v) is 4.23. The lowest BCUT2D eigenvalue weighted by Gasteiger charge is -2.31. The number of hydrogen-bond acceptors (Lipinski definition) is 5. The van der Waals surface area contributed by atoms with Crippen LogP contribution in [0.15, 0.2) is 78.4 Å². The van der Waals surface area contributed by atoms with Crippen molar-refractivity contribution >= 4 is 28.6 Å². The highest BCUT2D eigenvalue weighted by atomic mass is 19.1. The summed E-state index contributed by atoms with van der Waals surface area (Å²) in [6.45, 7) is 1.99. The van der Waals surface area contributed by atoms with E-state index in [-0.39, 0.29) is 12.4 Å². The lowest BCUT2D eigenvalue weighted by Crippen LogP contribution is -2.29. The summed E-state index contributed by atoms with van der Waals surface area (Å²) in [6, 6.07) is 20.8. The first-order valence-corrected chi connectivity index (χ1v) is 10.7. The molecule has 166 valence electrons. The molecule has 5 rings (SSSR count). The van der Waals surface area contributed by atoms with Crippen LogP contribution in [-0.2, 0) is 9.53 Å². The Kier molecular flexibility index (Phi) is 5.30. The van der Waals surface area contributed by atoms with Crippen molar-refractivity contribution in [3.63, 3.8) is 0 Å². The van der Waals surface area contributed by atoms with Crippen molar-refractivity contribution in [3.05, 3.63) is 95.3 Å². The van der Waals surface area contributed by atoms with Gasteiger partial charge in [-0.05, 0) is 66.6 Å². The number of benzene rings is 3. The SMILES string of the molecule is CCOC(=O)C1=C(c2ccc(F)cc2)Nc2nc3ccccc3n2[C@H]1c1cccc(OC)c1. The molecule has 2 heterocycles. The van der Waals surface area contributed by atoms with Gasteiger partial charge in [-0.1, -0.05) is 24.3 Å². The highest BCUT2D eigenvalue weighted by Crippen LogP contribution is 2.42. The number of halogens is 1. The quantitative estimate of drug-likeness (QED) is 0.431. The molecule has 1 aliphatic heterocycles. The van der Waals surface area contributed by atoms with Crippen molar-refractivity contribution in [1.82, 2.24) is 9.55 Å². The van der Waals surface area contributed by atoms with Gasteiger partial charge in [0.15, 0.2) is 0 Å². The van der Waals surface area contributed by atoms with Gasteiger partial charge in [-0.3, -0.25) is 4.57 Å². The third-order valence-electron chi connectivity index (χ3n) is 5.67. The van der Waals surface area contributed by atoms with E-state index in [0.717, 1.165) is 16.6 Å². The Bertz CT molecular complexity index is 1380. The van der Waals surface area contributed by atoms with Crippen molar-refractivity contribution in [2.24, 2.45) is 0 Å². The van der Waals surface area contributed by atoms with Crippen LogP contribution < -0.4 is 10.1 Å². The summed E-state index contributed by atoms with van der Waals surface area (Å²) >= 11 is 0. The second-order valence-electron chi connectivity index (χ2n) is 7.61. The zero-order valence-corrected chi connectivity index (χ0v) is 18.2. The van der Waals surface area contributed by atoms with Crippen LogP contribution >= 0.6 is 0 Å². The molecule has 1 atom stereocenters. The molecule has 1 aliphatic rings. The first-order valence-electron chi connectivity index (χ1n) is 10.7. The lowest BCUT2D eigenvalue weighted by molar-refractivity contribution is -0.138. The van der Waals surface area contributed by atoms with Crippen LogP contribution in [0, 0.1) is 5.82 Å². The number of fused-ring (bicyclic) bond motifs is 3. The summed E-state index contributed by atoms with van der Waals surface area (Å²) in [5, 5.41) is 3.32. The molecule has 4 aromatic rings. The number of aromatic nitrogens is 2. The van der Waals surface area contributed by atoms with Crippen molar-refractivity contribution in [1.29, 1.82) is 0 Å². The molecule has 0 aliphatic carbocycles. The first-order chi connectivity index (χ1) is 16.1. The van der Waals surface area contributed by atoms with Gasteiger partial charge in [0.05, 0.1) is 42.1 Å². The molecule has 1 N–H and O–H groups in total. The second-order valence-corrected chi connectivity index (χ2v) is 7.61. The number of carbonyl (C=O) groups excluding carboxylic acids is 1. The fourth-order valence-electron chi connectivity index (χ4n) is 4.23. The molecule has 7 heteroatoms. The van der Waals surface area contributed by atoms with E-state index in [2.05, 4.69) is 5.32 Å². The first kappa shape index (κ1) is 20.8. The van der Waals surface area contributed by atoms with Gasteiger partial charge in [0, 0.05) is 0 Å². The van der Waals surface area contributed by atoms with Gasteiger partial charge in [-0.2, -0.15) is 0 Å². The Morgan fingerprint density at radius 1 is 1.09 bits per heavy atom. The maximum absolute atomic E-state index is 13.7. The third-order valence-corrected chi connectivity index (χ3v) is 5.67. The predicted molar refractivity (Wildman–Crippen MR) is 124 cm³/mol. The van der Waals surface area contributed by atoms with Gasteiger partial charge in [-0.25, -0.2) is 14.2 Å². The fraction of sp³-hybridized carbons (Fsp3) is 0.154. The van der Waals surface area contributed by atoms with Crippen LogP contribution in [0.25, 0.3) is 16.7 Å². The molecule has 0 fully saturated rings. The molecule has 3 aromatic carbocycles. The number of anilines is 1. The number of methoxy groups -OCH3 is 1. The molecule has 0 saturated carbocycles. The van der Waals surface area contributed by atoms with Gasteiger partial charge in [0.2, 0.25) is 5.95 Å². The number of imidazole rings is 1. The zero-order valence-electron chi connectivity index (χ0n) is 18.2. The van der Waals surface area contributed by atoms with Crippen LogP contribution in [-0.4, -0.2) is 29.2 Å². The van der Waals surface area contributed by atoms with E-state index < -0.39 is 12.0 Å². The summed E-state index contributed by atoms with van der Waals surface area (Å²) in [7, 11) is 1.60. The summed E-state index contributed by atoms with van der Waals surface area (Å²) in [5.74, 6) is 0.435. The average molecular weight is 443 g/mol. The number of ether oxygens (including phenoxy) is 2. The highest BCUT2D eigenvalue weighted by Gasteiger charge is 2.36. The average Bonchev–Trinajstić information content (AvgIpc) is 3.22. The maximum Gasteiger partial charge on any atom is 0.338 e. The molecule has 1 aromatic heterocycles. The highest BCUT2D eigenvalue weighted by molar-refractivity contribution is 6.03. The number of rotatable bonds is 5. The Morgan fingerprint density at radius 3 is 2.64 bits per heavy atom. The lowest BCUT2D eigenvalue weighted by atomic mass is 9.92. The van der Waals surface area contributed by atoms with Crippen LogP contribution in [0.1, 0.15) is 24.1 Å². The summed E-state index contributed by atoms with van der Waals surface area (Å²) in [4.78, 5) is 18.2. The van der Waals surface area contributed by atoms with Gasteiger partial charge in [0.1, 0.15) is 11.6 Å². The van der Waals surface area contributed by atoms with Crippen molar-refractivity contribution in [2.75, 3.05) is 19.0 Å². The standard InChI is InChI=1S/C26H22FN3O3/c1-3-33-25(31)22-23(16-11-13-18(27)14-12-16)29-26-28-20-9-4-5-10-21(20)30(26)24(22)17-7-6-8-19(15-17)32-2/h4-15,24H,3H2,1-2H3,(H,28,29)/t24-/m0/s1.